The second-order valence-electron chi connectivity index (χ2n) is 6.07. The van der Waals surface area contributed by atoms with Gasteiger partial charge in [0.05, 0.1) is 19.0 Å². The van der Waals surface area contributed by atoms with Crippen LogP contribution in [0.1, 0.15) is 12.5 Å². The summed E-state index contributed by atoms with van der Waals surface area (Å²) in [7, 11) is -3.07. The van der Waals surface area contributed by atoms with Gasteiger partial charge in [0.25, 0.3) is 0 Å². The zero-order valence-electron chi connectivity index (χ0n) is 14.1. The minimum Gasteiger partial charge on any atom is -0.378 e. The highest BCUT2D eigenvalue weighted by atomic mass is 32.2. The third-order valence-electron chi connectivity index (χ3n) is 4.48. The van der Waals surface area contributed by atoms with Crippen molar-refractivity contribution in [3.63, 3.8) is 0 Å². The van der Waals surface area contributed by atoms with Crippen LogP contribution in [0.5, 0.6) is 0 Å². The summed E-state index contributed by atoms with van der Waals surface area (Å²) in [5.74, 6) is 0.921. The van der Waals surface area contributed by atoms with E-state index in [2.05, 4.69) is 19.8 Å². The fourth-order valence-corrected chi connectivity index (χ4v) is 4.05. The molecule has 0 radical (unpaired) electrons. The molecule has 0 aromatic carbocycles. The average molecular weight is 355 g/mol. The average Bonchev–Trinajstić information content (AvgIpc) is 2.63. The van der Waals surface area contributed by atoms with Crippen LogP contribution in [0.2, 0.25) is 0 Å². The SMILES string of the molecule is CCS(=O)(=O)N1CCN(Cc2cnc(N3CCOCC3)nc2)CC1. The number of sulfonamides is 1. The minimum atomic E-state index is -3.07. The van der Waals surface area contributed by atoms with E-state index < -0.39 is 10.0 Å². The van der Waals surface area contributed by atoms with Crippen LogP contribution in [0.15, 0.2) is 12.4 Å². The van der Waals surface area contributed by atoms with Crippen molar-refractivity contribution in [1.82, 2.24) is 19.2 Å². The number of aromatic nitrogens is 2. The van der Waals surface area contributed by atoms with E-state index in [0.29, 0.717) is 13.1 Å². The van der Waals surface area contributed by atoms with Gasteiger partial charge in [-0.15, -0.1) is 0 Å². The van der Waals surface area contributed by atoms with Crippen LogP contribution < -0.4 is 4.90 Å². The monoisotopic (exact) mass is 355 g/mol. The van der Waals surface area contributed by atoms with E-state index in [-0.39, 0.29) is 5.75 Å². The maximum absolute atomic E-state index is 11.9. The van der Waals surface area contributed by atoms with Gasteiger partial charge in [-0.2, -0.15) is 4.31 Å². The number of rotatable bonds is 5. The highest BCUT2D eigenvalue weighted by Crippen LogP contribution is 2.13. The number of ether oxygens (including phenoxy) is 1. The Morgan fingerprint density at radius 2 is 1.67 bits per heavy atom. The van der Waals surface area contributed by atoms with Crippen molar-refractivity contribution in [2.75, 3.05) is 63.1 Å². The first-order valence-electron chi connectivity index (χ1n) is 8.42. The lowest BCUT2D eigenvalue weighted by Crippen LogP contribution is -2.48. The molecule has 3 heterocycles. The maximum Gasteiger partial charge on any atom is 0.225 e. The van der Waals surface area contributed by atoms with Crippen molar-refractivity contribution in [2.24, 2.45) is 0 Å². The fraction of sp³-hybridized carbons (Fsp3) is 0.733. The van der Waals surface area contributed by atoms with Crippen LogP contribution in [0.4, 0.5) is 5.95 Å². The van der Waals surface area contributed by atoms with Crippen molar-refractivity contribution < 1.29 is 13.2 Å². The predicted octanol–water partition coefficient (Wildman–Crippen LogP) is -0.219. The van der Waals surface area contributed by atoms with Gasteiger partial charge in [0.15, 0.2) is 0 Å². The lowest BCUT2D eigenvalue weighted by Gasteiger charge is -2.33. The van der Waals surface area contributed by atoms with E-state index >= 15 is 0 Å². The van der Waals surface area contributed by atoms with Crippen LogP contribution in [-0.4, -0.2) is 85.8 Å². The van der Waals surface area contributed by atoms with Crippen LogP contribution in [0.3, 0.4) is 0 Å². The molecule has 2 aliphatic heterocycles. The quantitative estimate of drug-likeness (QED) is 0.722. The number of anilines is 1. The summed E-state index contributed by atoms with van der Waals surface area (Å²) in [6.07, 6.45) is 3.74. The van der Waals surface area contributed by atoms with Gasteiger partial charge in [-0.3, -0.25) is 4.90 Å². The summed E-state index contributed by atoms with van der Waals surface area (Å²) >= 11 is 0. The normalized spacial score (nSPS) is 21.1. The third-order valence-corrected chi connectivity index (χ3v) is 6.36. The Hall–Kier alpha value is -1.29. The zero-order valence-corrected chi connectivity index (χ0v) is 14.9. The van der Waals surface area contributed by atoms with E-state index in [1.165, 1.54) is 0 Å². The minimum absolute atomic E-state index is 0.170. The molecule has 8 nitrogen and oxygen atoms in total. The molecular weight excluding hydrogens is 330 g/mol. The lowest BCUT2D eigenvalue weighted by molar-refractivity contribution is 0.122. The van der Waals surface area contributed by atoms with Crippen LogP contribution in [-0.2, 0) is 21.3 Å². The largest absolute Gasteiger partial charge is 0.378 e. The summed E-state index contributed by atoms with van der Waals surface area (Å²) in [6, 6.07) is 0. The molecule has 2 fully saturated rings. The zero-order chi connectivity index (χ0) is 17.0. The molecule has 0 spiro atoms. The summed E-state index contributed by atoms with van der Waals surface area (Å²) < 4.78 is 30.7. The van der Waals surface area contributed by atoms with Gasteiger partial charge in [-0.1, -0.05) is 0 Å². The van der Waals surface area contributed by atoms with Gasteiger partial charge >= 0.3 is 0 Å². The van der Waals surface area contributed by atoms with Crippen molar-refractivity contribution >= 4 is 16.0 Å². The molecule has 2 aliphatic rings. The first-order valence-corrected chi connectivity index (χ1v) is 10.0. The number of hydrogen-bond acceptors (Lipinski definition) is 7. The molecule has 0 atom stereocenters. The molecule has 0 aliphatic carbocycles. The van der Waals surface area contributed by atoms with Crippen LogP contribution in [0, 0.1) is 0 Å². The topological polar surface area (TPSA) is 78.9 Å². The molecule has 1 aromatic rings. The highest BCUT2D eigenvalue weighted by molar-refractivity contribution is 7.89. The molecule has 0 saturated carbocycles. The lowest BCUT2D eigenvalue weighted by atomic mass is 10.3. The second-order valence-corrected chi connectivity index (χ2v) is 8.32. The molecule has 0 N–H and O–H groups in total. The van der Waals surface area contributed by atoms with Crippen molar-refractivity contribution in [3.05, 3.63) is 18.0 Å². The Morgan fingerprint density at radius 1 is 1.04 bits per heavy atom. The Bertz CT molecular complexity index is 623. The molecule has 24 heavy (non-hydrogen) atoms. The van der Waals surface area contributed by atoms with Gasteiger partial charge in [-0.25, -0.2) is 18.4 Å². The first-order chi connectivity index (χ1) is 11.6. The van der Waals surface area contributed by atoms with Gasteiger partial charge in [-0.05, 0) is 6.92 Å². The Balaban J connectivity index is 1.52. The first kappa shape index (κ1) is 17.5. The molecule has 1 aromatic heterocycles. The predicted molar refractivity (Wildman–Crippen MR) is 91.4 cm³/mol. The fourth-order valence-electron chi connectivity index (χ4n) is 2.96. The van der Waals surface area contributed by atoms with E-state index in [1.54, 1.807) is 11.2 Å². The second kappa shape index (κ2) is 7.73. The summed E-state index contributed by atoms with van der Waals surface area (Å²) in [5, 5.41) is 0. The number of hydrogen-bond donors (Lipinski definition) is 0. The van der Waals surface area contributed by atoms with Gasteiger partial charge in [0, 0.05) is 63.8 Å². The van der Waals surface area contributed by atoms with Gasteiger partial charge in [0.1, 0.15) is 0 Å². The summed E-state index contributed by atoms with van der Waals surface area (Å²) in [4.78, 5) is 13.3. The molecule has 0 bridgehead atoms. The molecule has 0 unspecified atom stereocenters. The molecule has 9 heteroatoms. The van der Waals surface area contributed by atoms with Crippen LogP contribution in [0.25, 0.3) is 0 Å². The molecule has 3 rings (SSSR count). The van der Waals surface area contributed by atoms with E-state index in [0.717, 1.165) is 57.4 Å². The Morgan fingerprint density at radius 3 is 2.25 bits per heavy atom. The van der Waals surface area contributed by atoms with E-state index in [4.69, 9.17) is 4.74 Å². The standard InChI is InChI=1S/C15H25N5O3S/c1-2-24(21,22)20-5-3-18(4-6-20)13-14-11-16-15(17-12-14)19-7-9-23-10-8-19/h11-12H,2-10,13H2,1H3. The van der Waals surface area contributed by atoms with Crippen molar-refractivity contribution in [1.29, 1.82) is 0 Å². The third kappa shape index (κ3) is 4.21. The van der Waals surface area contributed by atoms with E-state index in [9.17, 15) is 8.42 Å². The van der Waals surface area contributed by atoms with Crippen molar-refractivity contribution in [3.8, 4) is 0 Å². The highest BCUT2D eigenvalue weighted by Gasteiger charge is 2.25. The smallest absolute Gasteiger partial charge is 0.225 e. The number of morpholine rings is 1. The molecule has 0 amide bonds. The van der Waals surface area contributed by atoms with Crippen LogP contribution >= 0.6 is 0 Å². The molecule has 134 valence electrons. The Kier molecular flexibility index (Phi) is 5.65. The summed E-state index contributed by atoms with van der Waals surface area (Å²) in [6.45, 7) is 8.13. The summed E-state index contributed by atoms with van der Waals surface area (Å²) in [5.41, 5.74) is 1.05. The maximum atomic E-state index is 11.9. The van der Waals surface area contributed by atoms with Gasteiger partial charge in [0.2, 0.25) is 16.0 Å². The molecular formula is C15H25N5O3S. The van der Waals surface area contributed by atoms with E-state index in [1.807, 2.05) is 12.4 Å². The number of piperazine rings is 1. The number of nitrogens with zero attached hydrogens (tertiary/aromatic N) is 5. The molecule has 2 saturated heterocycles. The van der Waals surface area contributed by atoms with Gasteiger partial charge < -0.3 is 9.64 Å². The Labute approximate surface area is 143 Å². The van der Waals surface area contributed by atoms with Crippen molar-refractivity contribution in [2.45, 2.75) is 13.5 Å².